The van der Waals surface area contributed by atoms with E-state index in [0.717, 1.165) is 28.1 Å². The number of thioether (sulfide) groups is 1. The van der Waals surface area contributed by atoms with Gasteiger partial charge in [0.05, 0.1) is 6.07 Å². The molecule has 1 aromatic heterocycles. The van der Waals surface area contributed by atoms with E-state index in [0.29, 0.717) is 12.0 Å². The van der Waals surface area contributed by atoms with Gasteiger partial charge in [0.2, 0.25) is 5.13 Å². The second-order valence-electron chi connectivity index (χ2n) is 5.69. The topological polar surface area (TPSA) is 64.8 Å². The average Bonchev–Trinajstić information content (AvgIpc) is 3.13. The minimum absolute atomic E-state index is 0.308. The van der Waals surface area contributed by atoms with E-state index in [9.17, 15) is 5.26 Å². The molecule has 1 aliphatic rings. The van der Waals surface area contributed by atoms with Crippen LogP contribution in [0.3, 0.4) is 0 Å². The first-order valence-electron chi connectivity index (χ1n) is 6.79. The molecule has 1 saturated carbocycles. The van der Waals surface area contributed by atoms with Gasteiger partial charge in [-0.25, -0.2) is 0 Å². The van der Waals surface area contributed by atoms with E-state index in [1.807, 2.05) is 19.0 Å². The molecule has 1 heterocycles. The lowest BCUT2D eigenvalue weighted by Gasteiger charge is -2.29. The maximum absolute atomic E-state index is 9.64. The molecule has 0 amide bonds. The van der Waals surface area contributed by atoms with Crippen molar-refractivity contribution >= 4 is 28.2 Å². The third-order valence-corrected chi connectivity index (χ3v) is 5.64. The van der Waals surface area contributed by atoms with Crippen LogP contribution >= 0.6 is 23.1 Å². The summed E-state index contributed by atoms with van der Waals surface area (Å²) in [6.07, 6.45) is 2.29. The lowest BCUT2D eigenvalue weighted by Crippen LogP contribution is -2.51. The summed E-state index contributed by atoms with van der Waals surface area (Å²) in [6, 6.07) is 2.83. The Labute approximate surface area is 128 Å². The predicted molar refractivity (Wildman–Crippen MR) is 84.3 cm³/mol. The van der Waals surface area contributed by atoms with E-state index < -0.39 is 5.54 Å². The summed E-state index contributed by atoms with van der Waals surface area (Å²) in [5.41, 5.74) is -0.428. The zero-order chi connectivity index (χ0) is 14.8. The number of hydrogen-bond acceptors (Lipinski definition) is 7. The third kappa shape index (κ3) is 3.62. The van der Waals surface area contributed by atoms with Gasteiger partial charge in [0.15, 0.2) is 4.34 Å². The molecule has 0 saturated heterocycles. The molecule has 1 N–H and O–H groups in total. The molecular weight excluding hydrogens is 290 g/mol. The highest BCUT2D eigenvalue weighted by Gasteiger charge is 2.46. The smallest absolute Gasteiger partial charge is 0.208 e. The van der Waals surface area contributed by atoms with Crippen LogP contribution in [0.15, 0.2) is 4.34 Å². The number of nitrogens with zero attached hydrogens (tertiary/aromatic N) is 4. The first-order chi connectivity index (χ1) is 9.47. The van der Waals surface area contributed by atoms with Gasteiger partial charge in [-0.3, -0.25) is 5.32 Å². The summed E-state index contributed by atoms with van der Waals surface area (Å²) in [7, 11) is 3.91. The molecule has 1 unspecified atom stereocenters. The molecule has 5 nitrogen and oxygen atoms in total. The molecule has 1 aromatic rings. The molecule has 0 radical (unpaired) electrons. The Morgan fingerprint density at radius 2 is 2.20 bits per heavy atom. The number of anilines is 1. The second-order valence-corrected chi connectivity index (χ2v) is 7.87. The Bertz CT molecular complexity index is 489. The van der Waals surface area contributed by atoms with Crippen molar-refractivity contribution in [1.29, 1.82) is 5.26 Å². The summed E-state index contributed by atoms with van der Waals surface area (Å²) in [5, 5.41) is 22.3. The van der Waals surface area contributed by atoms with E-state index in [1.54, 1.807) is 23.1 Å². The Balaban J connectivity index is 2.03. The van der Waals surface area contributed by atoms with Crippen LogP contribution in [0.2, 0.25) is 0 Å². The number of hydrogen-bond donors (Lipinski definition) is 1. The van der Waals surface area contributed by atoms with E-state index in [2.05, 4.69) is 35.4 Å². The Hall–Kier alpha value is -0.840. The number of aromatic nitrogens is 2. The van der Waals surface area contributed by atoms with Crippen LogP contribution in [-0.4, -0.2) is 41.6 Å². The van der Waals surface area contributed by atoms with Crippen molar-refractivity contribution < 1.29 is 0 Å². The van der Waals surface area contributed by atoms with Crippen LogP contribution in [0.5, 0.6) is 0 Å². The molecule has 2 rings (SSSR count). The van der Waals surface area contributed by atoms with Crippen molar-refractivity contribution in [2.45, 2.75) is 42.6 Å². The van der Waals surface area contributed by atoms with Crippen LogP contribution in [0.25, 0.3) is 0 Å². The van der Waals surface area contributed by atoms with Crippen molar-refractivity contribution in [3.8, 4) is 6.07 Å². The predicted octanol–water partition coefficient (Wildman–Crippen LogP) is 2.37. The van der Waals surface area contributed by atoms with Gasteiger partial charge in [-0.15, -0.1) is 10.2 Å². The second kappa shape index (κ2) is 6.29. The molecule has 7 heteroatoms. The van der Waals surface area contributed by atoms with Gasteiger partial charge in [0.25, 0.3) is 0 Å². The quantitative estimate of drug-likeness (QED) is 0.780. The van der Waals surface area contributed by atoms with E-state index in [1.165, 1.54) is 0 Å². The minimum Gasteiger partial charge on any atom is -0.353 e. The van der Waals surface area contributed by atoms with Crippen molar-refractivity contribution in [1.82, 2.24) is 15.5 Å². The molecule has 0 spiro atoms. The fraction of sp³-hybridized carbons (Fsp3) is 0.769. The Kier molecular flexibility index (Phi) is 4.89. The minimum atomic E-state index is -0.428. The summed E-state index contributed by atoms with van der Waals surface area (Å²) in [5.74, 6) is 1.21. The SMILES string of the molecule is CC(C)NC(C#N)(CSc1nnc(N(C)C)s1)C1CC1. The largest absolute Gasteiger partial charge is 0.353 e. The van der Waals surface area contributed by atoms with Crippen LogP contribution in [0, 0.1) is 17.2 Å². The van der Waals surface area contributed by atoms with E-state index in [-0.39, 0.29) is 0 Å². The fourth-order valence-electron chi connectivity index (χ4n) is 2.14. The Morgan fingerprint density at radius 1 is 1.50 bits per heavy atom. The van der Waals surface area contributed by atoms with Gasteiger partial charge in [-0.2, -0.15) is 5.26 Å². The first-order valence-corrected chi connectivity index (χ1v) is 8.59. The molecule has 0 aromatic carbocycles. The molecule has 0 bridgehead atoms. The highest BCUT2D eigenvalue weighted by Crippen LogP contribution is 2.43. The fourth-order valence-corrected chi connectivity index (χ4v) is 4.11. The van der Waals surface area contributed by atoms with Gasteiger partial charge >= 0.3 is 0 Å². The Morgan fingerprint density at radius 3 is 2.65 bits per heavy atom. The van der Waals surface area contributed by atoms with Crippen molar-refractivity contribution in [2.75, 3.05) is 24.7 Å². The van der Waals surface area contributed by atoms with Crippen LogP contribution in [0.4, 0.5) is 5.13 Å². The van der Waals surface area contributed by atoms with Gasteiger partial charge in [0.1, 0.15) is 5.54 Å². The molecule has 1 atom stereocenters. The summed E-state index contributed by atoms with van der Waals surface area (Å²) in [4.78, 5) is 1.95. The van der Waals surface area contributed by atoms with Crippen LogP contribution < -0.4 is 10.2 Å². The van der Waals surface area contributed by atoms with Gasteiger partial charge in [-0.1, -0.05) is 23.1 Å². The zero-order valence-electron chi connectivity index (χ0n) is 12.4. The molecule has 110 valence electrons. The monoisotopic (exact) mass is 311 g/mol. The lowest BCUT2D eigenvalue weighted by molar-refractivity contribution is 0.370. The highest BCUT2D eigenvalue weighted by molar-refractivity contribution is 8.01. The molecule has 1 fully saturated rings. The summed E-state index contributed by atoms with van der Waals surface area (Å²) >= 11 is 3.21. The molecule has 1 aliphatic carbocycles. The van der Waals surface area contributed by atoms with Gasteiger partial charge in [0, 0.05) is 25.9 Å². The lowest BCUT2D eigenvalue weighted by atomic mass is 9.96. The number of rotatable bonds is 7. The van der Waals surface area contributed by atoms with Crippen molar-refractivity contribution in [2.24, 2.45) is 5.92 Å². The summed E-state index contributed by atoms with van der Waals surface area (Å²) < 4.78 is 0.930. The highest BCUT2D eigenvalue weighted by atomic mass is 32.2. The van der Waals surface area contributed by atoms with Crippen LogP contribution in [-0.2, 0) is 0 Å². The van der Waals surface area contributed by atoms with Gasteiger partial charge < -0.3 is 4.90 Å². The standard InChI is InChI=1S/C13H21N5S2/c1-9(2)15-13(7-14,10-5-6-10)8-19-12-17-16-11(20-12)18(3)4/h9-10,15H,5-6,8H2,1-4H3. The van der Waals surface area contributed by atoms with Crippen molar-refractivity contribution in [3.63, 3.8) is 0 Å². The van der Waals surface area contributed by atoms with E-state index in [4.69, 9.17) is 0 Å². The van der Waals surface area contributed by atoms with Gasteiger partial charge in [-0.05, 0) is 32.6 Å². The van der Waals surface area contributed by atoms with Crippen LogP contribution in [0.1, 0.15) is 26.7 Å². The molecular formula is C13H21N5S2. The first kappa shape index (κ1) is 15.5. The average molecular weight is 311 g/mol. The summed E-state index contributed by atoms with van der Waals surface area (Å²) in [6.45, 7) is 4.18. The molecule has 20 heavy (non-hydrogen) atoms. The number of nitrogens with one attached hydrogen (secondary N) is 1. The molecule has 0 aliphatic heterocycles. The van der Waals surface area contributed by atoms with Crippen molar-refractivity contribution in [3.05, 3.63) is 0 Å². The maximum Gasteiger partial charge on any atom is 0.208 e. The van der Waals surface area contributed by atoms with E-state index >= 15 is 0 Å². The maximum atomic E-state index is 9.64. The normalized spacial score (nSPS) is 17.8. The zero-order valence-corrected chi connectivity index (χ0v) is 14.0. The third-order valence-electron chi connectivity index (χ3n) is 3.22. The number of nitriles is 1.